The number of hydrogen-bond acceptors (Lipinski definition) is 5. The molecular weight excluding hydrogens is 348 g/mol. The molecule has 0 spiro atoms. The van der Waals surface area contributed by atoms with Crippen LogP contribution in [-0.2, 0) is 22.7 Å². The van der Waals surface area contributed by atoms with Crippen LogP contribution in [0.5, 0.6) is 0 Å². The number of anilines is 1. The van der Waals surface area contributed by atoms with Crippen LogP contribution in [0.4, 0.5) is 5.69 Å². The molecule has 1 aromatic heterocycles. The number of carbonyl (C=O) groups is 3. The first-order valence-corrected chi connectivity index (χ1v) is 8.48. The topological polar surface area (TPSA) is 112 Å². The summed E-state index contributed by atoms with van der Waals surface area (Å²) in [5.74, 6) is -1.60. The average Bonchev–Trinajstić information content (AvgIpc) is 2.77. The number of nitrogens with one attached hydrogen (secondary N) is 2. The molecule has 2 aromatic rings. The molecule has 1 aliphatic rings. The SMILES string of the molecule is CN1Cc2cc(C(=O)NCc3ccccn3)ccc2N[C@@H](CC(=O)O)C1=O. The van der Waals surface area contributed by atoms with E-state index in [0.29, 0.717) is 24.3 Å². The van der Waals surface area contributed by atoms with Crippen molar-refractivity contribution in [2.75, 3.05) is 12.4 Å². The number of amides is 2. The van der Waals surface area contributed by atoms with Crippen molar-refractivity contribution in [2.24, 2.45) is 0 Å². The molecule has 0 unspecified atom stereocenters. The number of nitrogens with zero attached hydrogens (tertiary/aromatic N) is 2. The summed E-state index contributed by atoms with van der Waals surface area (Å²) < 4.78 is 0. The molecule has 1 aromatic carbocycles. The van der Waals surface area contributed by atoms with E-state index >= 15 is 0 Å². The zero-order valence-corrected chi connectivity index (χ0v) is 14.8. The molecule has 140 valence electrons. The summed E-state index contributed by atoms with van der Waals surface area (Å²) in [6, 6.07) is 9.70. The zero-order chi connectivity index (χ0) is 19.4. The highest BCUT2D eigenvalue weighted by Crippen LogP contribution is 2.24. The molecule has 0 saturated carbocycles. The number of aliphatic carboxylic acids is 1. The van der Waals surface area contributed by atoms with E-state index in [0.717, 1.165) is 11.3 Å². The molecule has 0 radical (unpaired) electrons. The lowest BCUT2D eigenvalue weighted by atomic mass is 10.1. The van der Waals surface area contributed by atoms with Crippen LogP contribution in [0.15, 0.2) is 42.6 Å². The highest BCUT2D eigenvalue weighted by Gasteiger charge is 2.29. The van der Waals surface area contributed by atoms with Gasteiger partial charge in [-0.15, -0.1) is 0 Å². The molecule has 0 saturated heterocycles. The molecule has 1 aliphatic heterocycles. The molecule has 0 bridgehead atoms. The summed E-state index contributed by atoms with van der Waals surface area (Å²) in [5, 5.41) is 14.8. The van der Waals surface area contributed by atoms with E-state index in [1.165, 1.54) is 4.90 Å². The number of pyridine rings is 1. The van der Waals surface area contributed by atoms with Crippen molar-refractivity contribution in [1.29, 1.82) is 0 Å². The van der Waals surface area contributed by atoms with Gasteiger partial charge in [0, 0.05) is 31.0 Å². The second-order valence-electron chi connectivity index (χ2n) is 6.36. The van der Waals surface area contributed by atoms with Crippen LogP contribution in [0.25, 0.3) is 0 Å². The smallest absolute Gasteiger partial charge is 0.305 e. The second kappa shape index (κ2) is 7.86. The molecule has 27 heavy (non-hydrogen) atoms. The minimum absolute atomic E-state index is 0.247. The van der Waals surface area contributed by atoms with Crippen LogP contribution in [-0.4, -0.2) is 45.9 Å². The third-order valence-corrected chi connectivity index (χ3v) is 4.31. The van der Waals surface area contributed by atoms with Crippen LogP contribution in [0.3, 0.4) is 0 Å². The van der Waals surface area contributed by atoms with Crippen molar-refractivity contribution in [1.82, 2.24) is 15.2 Å². The molecule has 3 N–H and O–H groups in total. The predicted octanol–water partition coefficient (Wildman–Crippen LogP) is 1.24. The normalized spacial score (nSPS) is 16.1. The average molecular weight is 368 g/mol. The lowest BCUT2D eigenvalue weighted by Gasteiger charge is -2.19. The molecule has 0 aliphatic carbocycles. The minimum atomic E-state index is -1.05. The first-order chi connectivity index (χ1) is 12.9. The van der Waals surface area contributed by atoms with Gasteiger partial charge in [0.25, 0.3) is 5.91 Å². The summed E-state index contributed by atoms with van der Waals surface area (Å²) in [5.41, 5.74) is 2.62. The molecule has 8 heteroatoms. The van der Waals surface area contributed by atoms with E-state index in [2.05, 4.69) is 15.6 Å². The van der Waals surface area contributed by atoms with Gasteiger partial charge < -0.3 is 20.6 Å². The number of carboxylic acid groups (broad SMARTS) is 1. The van der Waals surface area contributed by atoms with Gasteiger partial charge >= 0.3 is 5.97 Å². The van der Waals surface area contributed by atoms with Crippen molar-refractivity contribution in [2.45, 2.75) is 25.6 Å². The molecular formula is C19H20N4O4. The quantitative estimate of drug-likeness (QED) is 0.732. The first kappa shape index (κ1) is 18.4. The Kier molecular flexibility index (Phi) is 5.35. The molecule has 3 rings (SSSR count). The Morgan fingerprint density at radius 1 is 1.33 bits per heavy atom. The maximum atomic E-state index is 12.4. The summed E-state index contributed by atoms with van der Waals surface area (Å²) in [7, 11) is 1.61. The Hall–Kier alpha value is -3.42. The van der Waals surface area contributed by atoms with Gasteiger partial charge in [0.1, 0.15) is 6.04 Å². The number of carboxylic acids is 1. The number of hydrogen-bond donors (Lipinski definition) is 3. The number of carbonyl (C=O) groups excluding carboxylic acids is 2. The van der Waals surface area contributed by atoms with Gasteiger partial charge in [-0.25, -0.2) is 0 Å². The van der Waals surface area contributed by atoms with E-state index < -0.39 is 12.0 Å². The lowest BCUT2D eigenvalue weighted by Crippen LogP contribution is -2.39. The molecule has 0 fully saturated rings. The van der Waals surface area contributed by atoms with Crippen molar-refractivity contribution < 1.29 is 19.5 Å². The van der Waals surface area contributed by atoms with E-state index in [1.807, 2.05) is 12.1 Å². The monoisotopic (exact) mass is 368 g/mol. The van der Waals surface area contributed by atoms with Crippen molar-refractivity contribution in [3.63, 3.8) is 0 Å². The number of fused-ring (bicyclic) bond motifs is 1. The van der Waals surface area contributed by atoms with Gasteiger partial charge in [-0.2, -0.15) is 0 Å². The van der Waals surface area contributed by atoms with Gasteiger partial charge in [-0.1, -0.05) is 6.07 Å². The Labute approximate surface area is 156 Å². The van der Waals surface area contributed by atoms with Crippen LogP contribution < -0.4 is 10.6 Å². The van der Waals surface area contributed by atoms with E-state index in [9.17, 15) is 14.4 Å². The summed E-state index contributed by atoms with van der Waals surface area (Å²) in [4.78, 5) is 41.4. The fraction of sp³-hybridized carbons (Fsp3) is 0.263. The van der Waals surface area contributed by atoms with Crippen molar-refractivity contribution in [3.05, 3.63) is 59.4 Å². The Morgan fingerprint density at radius 2 is 2.15 bits per heavy atom. The predicted molar refractivity (Wildman–Crippen MR) is 98.0 cm³/mol. The fourth-order valence-electron chi connectivity index (χ4n) is 2.94. The van der Waals surface area contributed by atoms with E-state index in [1.54, 1.807) is 37.5 Å². The Bertz CT molecular complexity index is 869. The van der Waals surface area contributed by atoms with E-state index in [-0.39, 0.29) is 18.2 Å². The van der Waals surface area contributed by atoms with Gasteiger partial charge in [-0.3, -0.25) is 19.4 Å². The van der Waals surface area contributed by atoms with Gasteiger partial charge in [0.05, 0.1) is 18.7 Å². The highest BCUT2D eigenvalue weighted by atomic mass is 16.4. The second-order valence-corrected chi connectivity index (χ2v) is 6.36. The summed E-state index contributed by atoms with van der Waals surface area (Å²) >= 11 is 0. The third-order valence-electron chi connectivity index (χ3n) is 4.31. The number of benzene rings is 1. The maximum absolute atomic E-state index is 12.4. The zero-order valence-electron chi connectivity index (χ0n) is 14.8. The van der Waals surface area contributed by atoms with Crippen LogP contribution in [0.1, 0.15) is 28.0 Å². The van der Waals surface area contributed by atoms with Crippen LogP contribution in [0, 0.1) is 0 Å². The minimum Gasteiger partial charge on any atom is -0.481 e. The first-order valence-electron chi connectivity index (χ1n) is 8.48. The Balaban J connectivity index is 1.76. The van der Waals surface area contributed by atoms with Crippen LogP contribution in [0.2, 0.25) is 0 Å². The largest absolute Gasteiger partial charge is 0.481 e. The fourth-order valence-corrected chi connectivity index (χ4v) is 2.94. The maximum Gasteiger partial charge on any atom is 0.305 e. The summed E-state index contributed by atoms with van der Waals surface area (Å²) in [6.45, 7) is 0.604. The molecule has 2 heterocycles. The molecule has 1 atom stereocenters. The third kappa shape index (κ3) is 4.41. The Morgan fingerprint density at radius 3 is 2.85 bits per heavy atom. The molecule has 8 nitrogen and oxygen atoms in total. The molecule has 2 amide bonds. The standard InChI is InChI=1S/C19H20N4O4/c1-23-11-13-8-12(18(26)21-10-14-4-2-3-7-20-14)5-6-15(13)22-16(19(23)27)9-17(24)25/h2-8,16,22H,9-11H2,1H3,(H,21,26)(H,24,25)/t16-/m0/s1. The van der Waals surface area contributed by atoms with Crippen molar-refractivity contribution >= 4 is 23.5 Å². The highest BCUT2D eigenvalue weighted by molar-refractivity contribution is 5.95. The summed E-state index contributed by atoms with van der Waals surface area (Å²) in [6.07, 6.45) is 1.35. The van der Waals surface area contributed by atoms with E-state index in [4.69, 9.17) is 5.11 Å². The number of aromatic nitrogens is 1. The van der Waals surface area contributed by atoms with Gasteiger partial charge in [-0.05, 0) is 35.9 Å². The van der Waals surface area contributed by atoms with Crippen molar-refractivity contribution in [3.8, 4) is 0 Å². The number of likely N-dealkylation sites (N-methyl/N-ethyl adjacent to an activating group) is 1. The van der Waals surface area contributed by atoms with Gasteiger partial charge in [0.2, 0.25) is 5.91 Å². The van der Waals surface area contributed by atoms with Crippen LogP contribution >= 0.6 is 0 Å². The van der Waals surface area contributed by atoms with Gasteiger partial charge in [0.15, 0.2) is 0 Å². The lowest BCUT2D eigenvalue weighted by molar-refractivity contribution is -0.141. The number of rotatable bonds is 5.